The third kappa shape index (κ3) is 5.83. The first-order valence-electron chi connectivity index (χ1n) is 12.1. The van der Waals surface area contributed by atoms with Gasteiger partial charge in [0.15, 0.2) is 0 Å². The van der Waals surface area contributed by atoms with E-state index in [0.717, 1.165) is 58.4 Å². The summed E-state index contributed by atoms with van der Waals surface area (Å²) in [6, 6.07) is 7.00. The number of amides is 2. The average molecular weight is 462 g/mol. The van der Waals surface area contributed by atoms with Crippen molar-refractivity contribution < 1.29 is 14.3 Å². The van der Waals surface area contributed by atoms with Gasteiger partial charge in [0.1, 0.15) is 0 Å². The lowest BCUT2D eigenvalue weighted by atomic mass is 9.92. The van der Waals surface area contributed by atoms with Crippen molar-refractivity contribution in [3.63, 3.8) is 0 Å². The van der Waals surface area contributed by atoms with E-state index < -0.39 is 0 Å². The molecule has 0 radical (unpaired) electrons. The molecule has 3 atom stereocenters. The topological polar surface area (TPSA) is 53.1 Å². The normalized spacial score (nSPS) is 28.0. The Bertz CT molecular complexity index is 784. The Morgan fingerprint density at radius 2 is 1.59 bits per heavy atom. The molecular weight excluding hydrogens is 426 g/mol. The number of ether oxygens (including phenoxy) is 1. The van der Waals surface area contributed by atoms with Gasteiger partial charge in [-0.3, -0.25) is 14.5 Å². The molecule has 2 amide bonds. The molecule has 0 spiro atoms. The zero-order chi connectivity index (χ0) is 22.7. The van der Waals surface area contributed by atoms with Crippen molar-refractivity contribution in [2.75, 3.05) is 45.8 Å². The van der Waals surface area contributed by atoms with E-state index in [4.69, 9.17) is 16.3 Å². The fourth-order valence-corrected chi connectivity index (χ4v) is 5.66. The minimum Gasteiger partial charge on any atom is -0.373 e. The van der Waals surface area contributed by atoms with E-state index in [1.165, 1.54) is 0 Å². The number of likely N-dealkylation sites (tertiary alicyclic amines) is 2. The van der Waals surface area contributed by atoms with Crippen LogP contribution in [0.4, 0.5) is 0 Å². The zero-order valence-electron chi connectivity index (χ0n) is 19.3. The molecule has 3 aliphatic heterocycles. The van der Waals surface area contributed by atoms with Gasteiger partial charge in [0.05, 0.1) is 18.1 Å². The fraction of sp³-hybridized carbons (Fsp3) is 0.680. The van der Waals surface area contributed by atoms with E-state index in [1.807, 2.05) is 9.80 Å². The van der Waals surface area contributed by atoms with Gasteiger partial charge in [0, 0.05) is 56.4 Å². The highest BCUT2D eigenvalue weighted by Gasteiger charge is 2.34. The maximum atomic E-state index is 13.2. The van der Waals surface area contributed by atoms with Crippen molar-refractivity contribution in [3.8, 4) is 0 Å². The zero-order valence-corrected chi connectivity index (χ0v) is 20.1. The van der Waals surface area contributed by atoms with Gasteiger partial charge in [-0.05, 0) is 69.7 Å². The lowest BCUT2D eigenvalue weighted by Gasteiger charge is -2.41. The molecule has 3 unspecified atom stereocenters. The summed E-state index contributed by atoms with van der Waals surface area (Å²) in [5, 5.41) is 0.620. The summed E-state index contributed by atoms with van der Waals surface area (Å²) in [7, 11) is 0. The number of carbonyl (C=O) groups is 2. The molecule has 6 nitrogen and oxygen atoms in total. The Morgan fingerprint density at radius 3 is 2.25 bits per heavy atom. The third-order valence-corrected chi connectivity index (χ3v) is 7.34. The number of halogens is 1. The molecule has 0 aliphatic carbocycles. The van der Waals surface area contributed by atoms with Crippen LogP contribution in [0.3, 0.4) is 0 Å². The van der Waals surface area contributed by atoms with Crippen molar-refractivity contribution in [1.82, 2.24) is 14.7 Å². The van der Waals surface area contributed by atoms with Gasteiger partial charge in [0.2, 0.25) is 5.91 Å². The smallest absolute Gasteiger partial charge is 0.253 e. The van der Waals surface area contributed by atoms with E-state index in [0.29, 0.717) is 41.8 Å². The number of morpholine rings is 1. The van der Waals surface area contributed by atoms with Crippen molar-refractivity contribution in [1.29, 1.82) is 0 Å². The molecule has 3 saturated heterocycles. The number of rotatable bonds is 4. The summed E-state index contributed by atoms with van der Waals surface area (Å²) in [6.45, 7) is 10.3. The monoisotopic (exact) mass is 461 g/mol. The largest absolute Gasteiger partial charge is 0.373 e. The van der Waals surface area contributed by atoms with Crippen LogP contribution >= 0.6 is 11.6 Å². The van der Waals surface area contributed by atoms with Gasteiger partial charge in [-0.2, -0.15) is 0 Å². The Labute approximate surface area is 196 Å². The van der Waals surface area contributed by atoms with Crippen LogP contribution in [0.5, 0.6) is 0 Å². The van der Waals surface area contributed by atoms with E-state index in [1.54, 1.807) is 24.3 Å². The highest BCUT2D eigenvalue weighted by atomic mass is 35.5. The minimum atomic E-state index is -0.0857. The highest BCUT2D eigenvalue weighted by Crippen LogP contribution is 2.25. The molecule has 0 bridgehead atoms. The van der Waals surface area contributed by atoms with E-state index in [2.05, 4.69) is 18.7 Å². The molecule has 1 aromatic rings. The predicted molar refractivity (Wildman–Crippen MR) is 126 cm³/mol. The first-order chi connectivity index (χ1) is 15.4. The number of nitrogens with zero attached hydrogens (tertiary/aromatic N) is 3. The fourth-order valence-electron chi connectivity index (χ4n) is 5.53. The standard InChI is InChI=1S/C25H36ClN3O3/c1-18-14-27(15-19(2)32-18)16-20-9-12-28(13-10-20)25(31)22-4-3-11-29(17-22)24(30)21-5-7-23(26)8-6-21/h5-8,18-20,22H,3-4,9-17H2,1-2H3. The molecule has 7 heteroatoms. The Hall–Kier alpha value is -1.63. The maximum absolute atomic E-state index is 13.2. The van der Waals surface area contributed by atoms with Gasteiger partial charge < -0.3 is 14.5 Å². The molecule has 4 rings (SSSR count). The summed E-state index contributed by atoms with van der Waals surface area (Å²) < 4.78 is 5.85. The number of carbonyl (C=O) groups excluding carboxylic acids is 2. The second kappa shape index (κ2) is 10.5. The number of piperidine rings is 2. The van der Waals surface area contributed by atoms with E-state index >= 15 is 0 Å². The van der Waals surface area contributed by atoms with Gasteiger partial charge in [-0.15, -0.1) is 0 Å². The van der Waals surface area contributed by atoms with Crippen molar-refractivity contribution in [3.05, 3.63) is 34.9 Å². The first-order valence-corrected chi connectivity index (χ1v) is 12.5. The quantitative estimate of drug-likeness (QED) is 0.688. The van der Waals surface area contributed by atoms with Crippen LogP contribution in [0.2, 0.25) is 5.02 Å². The van der Waals surface area contributed by atoms with Crippen molar-refractivity contribution >= 4 is 23.4 Å². The lowest BCUT2D eigenvalue weighted by molar-refractivity contribution is -0.138. The van der Waals surface area contributed by atoms with E-state index in [9.17, 15) is 9.59 Å². The van der Waals surface area contributed by atoms with E-state index in [-0.39, 0.29) is 17.7 Å². The van der Waals surface area contributed by atoms with Crippen LogP contribution < -0.4 is 0 Å². The second-order valence-electron chi connectivity index (χ2n) is 9.84. The molecular formula is C25H36ClN3O3. The Balaban J connectivity index is 1.26. The number of hydrogen-bond donors (Lipinski definition) is 0. The van der Waals surface area contributed by atoms with Crippen LogP contribution in [0.15, 0.2) is 24.3 Å². The summed E-state index contributed by atoms with van der Waals surface area (Å²) in [6.07, 6.45) is 4.46. The van der Waals surface area contributed by atoms with Gasteiger partial charge >= 0.3 is 0 Å². The number of benzene rings is 1. The maximum Gasteiger partial charge on any atom is 0.253 e. The molecule has 3 heterocycles. The van der Waals surface area contributed by atoms with Gasteiger partial charge in [-0.1, -0.05) is 11.6 Å². The molecule has 1 aromatic carbocycles. The van der Waals surface area contributed by atoms with Gasteiger partial charge in [-0.25, -0.2) is 0 Å². The van der Waals surface area contributed by atoms with Crippen LogP contribution in [0.1, 0.15) is 49.9 Å². The van der Waals surface area contributed by atoms with Crippen molar-refractivity contribution in [2.24, 2.45) is 11.8 Å². The van der Waals surface area contributed by atoms with Crippen LogP contribution in [-0.4, -0.2) is 84.5 Å². The molecule has 0 aromatic heterocycles. The summed E-state index contributed by atoms with van der Waals surface area (Å²) in [5.74, 6) is 0.779. The summed E-state index contributed by atoms with van der Waals surface area (Å²) in [5.41, 5.74) is 0.634. The highest BCUT2D eigenvalue weighted by molar-refractivity contribution is 6.30. The SMILES string of the molecule is CC1CN(CC2CCN(C(=O)C3CCCN(C(=O)c4ccc(Cl)cc4)C3)CC2)CC(C)O1. The Morgan fingerprint density at radius 1 is 0.938 bits per heavy atom. The lowest BCUT2D eigenvalue weighted by Crippen LogP contribution is -2.50. The summed E-state index contributed by atoms with van der Waals surface area (Å²) in [4.78, 5) is 32.5. The summed E-state index contributed by atoms with van der Waals surface area (Å²) >= 11 is 5.95. The molecule has 0 N–H and O–H groups in total. The Kier molecular flexibility index (Phi) is 7.74. The first kappa shape index (κ1) is 23.5. The van der Waals surface area contributed by atoms with Gasteiger partial charge in [0.25, 0.3) is 5.91 Å². The number of hydrogen-bond acceptors (Lipinski definition) is 4. The van der Waals surface area contributed by atoms with Crippen molar-refractivity contribution in [2.45, 2.75) is 51.7 Å². The van der Waals surface area contributed by atoms with Crippen LogP contribution in [-0.2, 0) is 9.53 Å². The third-order valence-electron chi connectivity index (χ3n) is 7.09. The average Bonchev–Trinajstić information content (AvgIpc) is 2.78. The molecule has 0 saturated carbocycles. The minimum absolute atomic E-state index is 0.00755. The van der Waals surface area contributed by atoms with Crippen LogP contribution in [0.25, 0.3) is 0 Å². The molecule has 176 valence electrons. The molecule has 32 heavy (non-hydrogen) atoms. The second-order valence-corrected chi connectivity index (χ2v) is 10.3. The predicted octanol–water partition coefficient (Wildman–Crippen LogP) is 3.54. The molecule has 3 aliphatic rings. The molecule has 3 fully saturated rings. The van der Waals surface area contributed by atoms with Crippen LogP contribution in [0, 0.1) is 11.8 Å².